The third kappa shape index (κ3) is 6.74. The number of piperidine rings is 1. The molecule has 1 aliphatic heterocycles. The number of benzene rings is 2. The number of rotatable bonds is 8. The minimum Gasteiger partial charge on any atom is -0.494 e. The second-order valence-electron chi connectivity index (χ2n) is 8.14. The summed E-state index contributed by atoms with van der Waals surface area (Å²) < 4.78 is 5.78. The first-order chi connectivity index (χ1) is 15.6. The Kier molecular flexibility index (Phi) is 8.96. The maximum absolute atomic E-state index is 12.6. The normalized spacial score (nSPS) is 14.2. The second kappa shape index (κ2) is 12.1. The molecule has 0 spiro atoms. The average Bonchev–Trinajstić information content (AvgIpc) is 2.82. The van der Waals surface area contributed by atoms with Gasteiger partial charge >= 0.3 is 0 Å². The van der Waals surface area contributed by atoms with Gasteiger partial charge in [0.05, 0.1) is 13.2 Å². The number of aryl methyl sites for hydroxylation is 1. The van der Waals surface area contributed by atoms with Gasteiger partial charge in [0.2, 0.25) is 0 Å². The molecular weight excluding hydrogens is 400 g/mol. The van der Waals surface area contributed by atoms with E-state index in [2.05, 4.69) is 42.7 Å². The van der Waals surface area contributed by atoms with Crippen LogP contribution in [0.4, 0.5) is 0 Å². The van der Waals surface area contributed by atoms with E-state index in [0.717, 1.165) is 60.9 Å². The summed E-state index contributed by atoms with van der Waals surface area (Å²) in [4.78, 5) is 19.3. The molecule has 0 aromatic heterocycles. The first-order valence-corrected chi connectivity index (χ1v) is 11.7. The fraction of sp³-hybridized carbons (Fsp3) is 0.462. The van der Waals surface area contributed by atoms with Gasteiger partial charge in [-0.25, -0.2) is 4.99 Å². The van der Waals surface area contributed by atoms with E-state index in [1.165, 1.54) is 12.0 Å². The van der Waals surface area contributed by atoms with Gasteiger partial charge in [-0.15, -0.1) is 0 Å². The van der Waals surface area contributed by atoms with Crippen molar-refractivity contribution in [1.82, 2.24) is 15.5 Å². The summed E-state index contributed by atoms with van der Waals surface area (Å²) in [6, 6.07) is 14.1. The van der Waals surface area contributed by atoms with Crippen LogP contribution in [0.5, 0.6) is 5.75 Å². The van der Waals surface area contributed by atoms with E-state index in [1.807, 2.05) is 36.1 Å². The quantitative estimate of drug-likeness (QED) is 0.479. The third-order valence-electron chi connectivity index (χ3n) is 5.58. The van der Waals surface area contributed by atoms with Gasteiger partial charge in [-0.3, -0.25) is 4.79 Å². The van der Waals surface area contributed by atoms with Crippen LogP contribution in [0.15, 0.2) is 47.5 Å². The lowest BCUT2D eigenvalue weighted by molar-refractivity contribution is 0.0724. The molecule has 0 aliphatic carbocycles. The smallest absolute Gasteiger partial charge is 0.253 e. The van der Waals surface area contributed by atoms with Crippen molar-refractivity contribution in [2.24, 2.45) is 4.99 Å². The maximum Gasteiger partial charge on any atom is 0.253 e. The topological polar surface area (TPSA) is 66.0 Å². The standard InChI is InChI=1S/C26H36N4O2/c1-4-27-26(29-19-23-12-9-20(3)17-24(23)32-5-2)28-18-21-10-13-22(14-11-21)25(31)30-15-7-6-8-16-30/h9-14,17H,4-8,15-16,18-19H2,1-3H3,(H2,27,28,29). The minimum absolute atomic E-state index is 0.137. The highest BCUT2D eigenvalue weighted by atomic mass is 16.5. The molecule has 6 heteroatoms. The van der Waals surface area contributed by atoms with Crippen molar-refractivity contribution < 1.29 is 9.53 Å². The SMILES string of the molecule is CCNC(=NCc1ccc(C(=O)N2CCCCC2)cc1)NCc1ccc(C)cc1OCC. The first kappa shape index (κ1) is 23.6. The number of carbonyl (C=O) groups is 1. The Morgan fingerprint density at radius 1 is 1.03 bits per heavy atom. The summed E-state index contributed by atoms with van der Waals surface area (Å²) in [7, 11) is 0. The molecule has 2 N–H and O–H groups in total. The van der Waals surface area contributed by atoms with E-state index in [4.69, 9.17) is 9.73 Å². The largest absolute Gasteiger partial charge is 0.494 e. The Balaban J connectivity index is 1.60. The molecule has 0 bridgehead atoms. The molecule has 172 valence electrons. The number of aliphatic imine (C=N–C) groups is 1. The number of carbonyl (C=O) groups excluding carboxylic acids is 1. The summed E-state index contributed by atoms with van der Waals surface area (Å²) in [5, 5.41) is 6.69. The van der Waals surface area contributed by atoms with E-state index < -0.39 is 0 Å². The van der Waals surface area contributed by atoms with Crippen LogP contribution in [0.2, 0.25) is 0 Å². The number of likely N-dealkylation sites (tertiary alicyclic amines) is 1. The van der Waals surface area contributed by atoms with Gasteiger partial charge in [0.25, 0.3) is 5.91 Å². The predicted molar refractivity (Wildman–Crippen MR) is 130 cm³/mol. The van der Waals surface area contributed by atoms with Crippen molar-refractivity contribution in [2.75, 3.05) is 26.2 Å². The molecule has 0 saturated carbocycles. The summed E-state index contributed by atoms with van der Waals surface area (Å²) in [6.07, 6.45) is 3.43. The lowest BCUT2D eigenvalue weighted by Gasteiger charge is -2.26. The minimum atomic E-state index is 0.137. The van der Waals surface area contributed by atoms with Crippen LogP contribution in [0, 0.1) is 6.92 Å². The van der Waals surface area contributed by atoms with Crippen LogP contribution >= 0.6 is 0 Å². The first-order valence-electron chi connectivity index (χ1n) is 11.7. The molecule has 1 aliphatic rings. The number of nitrogens with zero attached hydrogens (tertiary/aromatic N) is 2. The molecule has 1 fully saturated rings. The molecule has 32 heavy (non-hydrogen) atoms. The zero-order valence-electron chi connectivity index (χ0n) is 19.6. The Morgan fingerprint density at radius 2 is 1.78 bits per heavy atom. The molecule has 0 radical (unpaired) electrons. The molecule has 0 unspecified atom stereocenters. The Hall–Kier alpha value is -3.02. The van der Waals surface area contributed by atoms with Gasteiger partial charge in [0.15, 0.2) is 5.96 Å². The van der Waals surface area contributed by atoms with Gasteiger partial charge in [0.1, 0.15) is 5.75 Å². The molecule has 1 saturated heterocycles. The van der Waals surface area contributed by atoms with Crippen molar-refractivity contribution in [1.29, 1.82) is 0 Å². The highest BCUT2D eigenvalue weighted by Gasteiger charge is 2.17. The summed E-state index contributed by atoms with van der Waals surface area (Å²) in [5.74, 6) is 1.80. The van der Waals surface area contributed by atoms with E-state index >= 15 is 0 Å². The van der Waals surface area contributed by atoms with Crippen molar-refractivity contribution in [3.05, 3.63) is 64.7 Å². The van der Waals surface area contributed by atoms with Crippen LogP contribution in [0.3, 0.4) is 0 Å². The van der Waals surface area contributed by atoms with Crippen molar-refractivity contribution in [3.8, 4) is 5.75 Å². The van der Waals surface area contributed by atoms with Gasteiger partial charge in [-0.05, 0) is 69.4 Å². The summed E-state index contributed by atoms with van der Waals surface area (Å²) >= 11 is 0. The fourth-order valence-corrected chi connectivity index (χ4v) is 3.82. The molecule has 1 heterocycles. The summed E-state index contributed by atoms with van der Waals surface area (Å²) in [6.45, 7) is 10.4. The van der Waals surface area contributed by atoms with Crippen molar-refractivity contribution in [3.63, 3.8) is 0 Å². The van der Waals surface area contributed by atoms with E-state index in [1.54, 1.807) is 0 Å². The maximum atomic E-state index is 12.6. The number of hydrogen-bond donors (Lipinski definition) is 2. The number of amides is 1. The number of nitrogens with one attached hydrogen (secondary N) is 2. The summed E-state index contributed by atoms with van der Waals surface area (Å²) in [5.41, 5.74) is 4.11. The predicted octanol–water partition coefficient (Wildman–Crippen LogP) is 4.28. The molecule has 2 aromatic carbocycles. The lowest BCUT2D eigenvalue weighted by Crippen LogP contribution is -2.36. The van der Waals surface area contributed by atoms with Crippen LogP contribution in [-0.4, -0.2) is 43.0 Å². The Bertz CT molecular complexity index is 903. The number of guanidine groups is 1. The van der Waals surface area contributed by atoms with Crippen LogP contribution in [0.25, 0.3) is 0 Å². The highest BCUT2D eigenvalue weighted by molar-refractivity contribution is 5.94. The van der Waals surface area contributed by atoms with Crippen LogP contribution in [-0.2, 0) is 13.1 Å². The molecule has 2 aromatic rings. The van der Waals surface area contributed by atoms with Crippen LogP contribution < -0.4 is 15.4 Å². The second-order valence-corrected chi connectivity index (χ2v) is 8.14. The highest BCUT2D eigenvalue weighted by Crippen LogP contribution is 2.20. The van der Waals surface area contributed by atoms with E-state index in [-0.39, 0.29) is 5.91 Å². The average molecular weight is 437 g/mol. The van der Waals surface area contributed by atoms with Gasteiger partial charge in [-0.1, -0.05) is 24.3 Å². The molecular formula is C26H36N4O2. The Morgan fingerprint density at radius 3 is 2.47 bits per heavy atom. The lowest BCUT2D eigenvalue weighted by atomic mass is 10.1. The monoisotopic (exact) mass is 436 g/mol. The van der Waals surface area contributed by atoms with E-state index in [0.29, 0.717) is 19.7 Å². The zero-order chi connectivity index (χ0) is 22.8. The van der Waals surface area contributed by atoms with Crippen LogP contribution in [0.1, 0.15) is 60.2 Å². The Labute approximate surface area is 192 Å². The molecule has 6 nitrogen and oxygen atoms in total. The number of ether oxygens (including phenoxy) is 1. The number of hydrogen-bond acceptors (Lipinski definition) is 3. The van der Waals surface area contributed by atoms with Crippen molar-refractivity contribution >= 4 is 11.9 Å². The zero-order valence-corrected chi connectivity index (χ0v) is 19.6. The van der Waals surface area contributed by atoms with Gasteiger partial charge in [0, 0.05) is 37.3 Å². The third-order valence-corrected chi connectivity index (χ3v) is 5.58. The molecule has 3 rings (SSSR count). The molecule has 1 amide bonds. The van der Waals surface area contributed by atoms with Gasteiger partial charge in [-0.2, -0.15) is 0 Å². The molecule has 0 atom stereocenters. The van der Waals surface area contributed by atoms with Crippen molar-refractivity contribution in [2.45, 2.75) is 53.1 Å². The fourth-order valence-electron chi connectivity index (χ4n) is 3.82. The van der Waals surface area contributed by atoms with E-state index in [9.17, 15) is 4.79 Å². The van der Waals surface area contributed by atoms with Gasteiger partial charge < -0.3 is 20.3 Å².